The van der Waals surface area contributed by atoms with E-state index in [1.807, 2.05) is 36.5 Å². The quantitative estimate of drug-likeness (QED) is 0.517. The summed E-state index contributed by atoms with van der Waals surface area (Å²) < 4.78 is 6.01. The van der Waals surface area contributed by atoms with Crippen LogP contribution >= 0.6 is 0 Å². The molecular formula is C19H15N3O. The monoisotopic (exact) mass is 301 g/mol. The molecule has 0 N–H and O–H groups in total. The Labute approximate surface area is 133 Å². The molecule has 0 bridgehead atoms. The molecule has 0 saturated carbocycles. The Balaban J connectivity index is 1.82. The van der Waals surface area contributed by atoms with Gasteiger partial charge in [0.25, 0.3) is 0 Å². The van der Waals surface area contributed by atoms with Crippen LogP contribution in [0.25, 0.3) is 21.9 Å². The summed E-state index contributed by atoms with van der Waals surface area (Å²) in [6.45, 7) is 0.783. The highest BCUT2D eigenvalue weighted by atomic mass is 16.3. The van der Waals surface area contributed by atoms with E-state index in [0.29, 0.717) is 0 Å². The second-order valence-electron chi connectivity index (χ2n) is 5.86. The Kier molecular flexibility index (Phi) is 2.45. The van der Waals surface area contributed by atoms with Gasteiger partial charge < -0.3 is 14.2 Å². The Morgan fingerprint density at radius 2 is 1.74 bits per heavy atom. The first-order valence-corrected chi connectivity index (χ1v) is 7.67. The molecule has 112 valence electrons. The van der Waals surface area contributed by atoms with Crippen LogP contribution in [0.1, 0.15) is 0 Å². The van der Waals surface area contributed by atoms with Gasteiger partial charge in [0.2, 0.25) is 0 Å². The second kappa shape index (κ2) is 4.49. The number of fused-ring (bicyclic) bond motifs is 4. The molecule has 0 aliphatic carbocycles. The van der Waals surface area contributed by atoms with Crippen LogP contribution < -0.4 is 9.80 Å². The van der Waals surface area contributed by atoms with Gasteiger partial charge in [0.1, 0.15) is 11.2 Å². The number of hydrogen-bond donors (Lipinski definition) is 0. The van der Waals surface area contributed by atoms with Crippen LogP contribution in [0.4, 0.5) is 17.2 Å². The lowest BCUT2D eigenvalue weighted by Gasteiger charge is -2.19. The van der Waals surface area contributed by atoms with Crippen molar-refractivity contribution in [3.63, 3.8) is 0 Å². The minimum absolute atomic E-state index is 0.783. The normalized spacial score (nSPS) is 14.0. The summed E-state index contributed by atoms with van der Waals surface area (Å²) in [5, 5.41) is 2.29. The SMILES string of the molecule is CN1CN(c2cccc3oc4ccccc4c23)c2ncccc21. The van der Waals surface area contributed by atoms with Crippen molar-refractivity contribution in [2.45, 2.75) is 0 Å². The first-order chi connectivity index (χ1) is 11.3. The predicted octanol–water partition coefficient (Wildman–Crippen LogP) is 4.53. The minimum Gasteiger partial charge on any atom is -0.456 e. The molecule has 2 aromatic carbocycles. The van der Waals surface area contributed by atoms with E-state index in [9.17, 15) is 0 Å². The molecule has 0 saturated heterocycles. The van der Waals surface area contributed by atoms with Gasteiger partial charge in [-0.05, 0) is 30.3 Å². The fourth-order valence-corrected chi connectivity index (χ4v) is 3.42. The molecule has 23 heavy (non-hydrogen) atoms. The third-order valence-corrected chi connectivity index (χ3v) is 4.46. The van der Waals surface area contributed by atoms with Gasteiger partial charge in [-0.3, -0.25) is 0 Å². The second-order valence-corrected chi connectivity index (χ2v) is 5.86. The van der Waals surface area contributed by atoms with E-state index in [4.69, 9.17) is 4.42 Å². The van der Waals surface area contributed by atoms with Crippen molar-refractivity contribution in [3.05, 3.63) is 60.8 Å². The molecular weight excluding hydrogens is 286 g/mol. The van der Waals surface area contributed by atoms with Crippen LogP contribution in [0.15, 0.2) is 65.2 Å². The standard InChI is InChI=1S/C19H15N3O/c1-21-12-22(19-15(21)8-5-11-20-19)14-7-4-10-17-18(14)13-6-2-3-9-16(13)23-17/h2-11H,12H2,1H3. The molecule has 5 rings (SSSR count). The maximum absolute atomic E-state index is 6.01. The predicted molar refractivity (Wildman–Crippen MR) is 93.4 cm³/mol. The smallest absolute Gasteiger partial charge is 0.158 e. The lowest BCUT2D eigenvalue weighted by molar-refractivity contribution is 0.669. The number of aromatic nitrogens is 1. The summed E-state index contributed by atoms with van der Waals surface area (Å²) in [6.07, 6.45) is 1.85. The van der Waals surface area contributed by atoms with Crippen molar-refractivity contribution in [3.8, 4) is 0 Å². The molecule has 0 radical (unpaired) electrons. The lowest BCUT2D eigenvalue weighted by Crippen LogP contribution is -2.24. The number of para-hydroxylation sites is 1. The fraction of sp³-hybridized carbons (Fsp3) is 0.105. The van der Waals surface area contributed by atoms with Gasteiger partial charge in [0, 0.05) is 18.6 Å². The highest BCUT2D eigenvalue weighted by molar-refractivity contribution is 6.12. The van der Waals surface area contributed by atoms with Crippen LogP contribution in [0.3, 0.4) is 0 Å². The maximum Gasteiger partial charge on any atom is 0.158 e. The zero-order chi connectivity index (χ0) is 15.4. The first kappa shape index (κ1) is 12.5. The molecule has 0 atom stereocenters. The van der Waals surface area contributed by atoms with Crippen LogP contribution in [-0.4, -0.2) is 18.7 Å². The molecule has 0 amide bonds. The molecule has 0 spiro atoms. The topological polar surface area (TPSA) is 32.5 Å². The van der Waals surface area contributed by atoms with Crippen LogP contribution in [0.2, 0.25) is 0 Å². The number of anilines is 3. The lowest BCUT2D eigenvalue weighted by atomic mass is 10.1. The number of furan rings is 1. The van der Waals surface area contributed by atoms with Gasteiger partial charge in [0.05, 0.1) is 23.4 Å². The van der Waals surface area contributed by atoms with Crippen LogP contribution in [0.5, 0.6) is 0 Å². The van der Waals surface area contributed by atoms with Crippen molar-refractivity contribution in [1.82, 2.24) is 4.98 Å². The molecule has 4 nitrogen and oxygen atoms in total. The van der Waals surface area contributed by atoms with Gasteiger partial charge in [-0.15, -0.1) is 0 Å². The average Bonchev–Trinajstić information content (AvgIpc) is 3.13. The van der Waals surface area contributed by atoms with Crippen molar-refractivity contribution in [2.24, 2.45) is 0 Å². The molecule has 2 aromatic heterocycles. The molecule has 1 aliphatic rings. The number of rotatable bonds is 1. The summed E-state index contributed by atoms with van der Waals surface area (Å²) in [7, 11) is 2.09. The largest absolute Gasteiger partial charge is 0.456 e. The zero-order valence-corrected chi connectivity index (χ0v) is 12.7. The van der Waals surface area contributed by atoms with Crippen LogP contribution in [-0.2, 0) is 0 Å². The maximum atomic E-state index is 6.01. The molecule has 4 heteroatoms. The van der Waals surface area contributed by atoms with Crippen molar-refractivity contribution in [2.75, 3.05) is 23.5 Å². The summed E-state index contributed by atoms with van der Waals surface area (Å²) >= 11 is 0. The van der Waals surface area contributed by atoms with E-state index >= 15 is 0 Å². The Hall–Kier alpha value is -3.01. The fourth-order valence-electron chi connectivity index (χ4n) is 3.42. The summed E-state index contributed by atoms with van der Waals surface area (Å²) in [6, 6.07) is 18.5. The zero-order valence-electron chi connectivity index (χ0n) is 12.7. The van der Waals surface area contributed by atoms with Gasteiger partial charge in [-0.2, -0.15) is 0 Å². The van der Waals surface area contributed by atoms with Gasteiger partial charge in [0.15, 0.2) is 5.82 Å². The van der Waals surface area contributed by atoms with Gasteiger partial charge in [-0.1, -0.05) is 24.3 Å². The number of hydrogen-bond acceptors (Lipinski definition) is 4. The summed E-state index contributed by atoms with van der Waals surface area (Å²) in [5.41, 5.74) is 4.12. The third kappa shape index (κ3) is 1.69. The van der Waals surface area contributed by atoms with Crippen molar-refractivity contribution in [1.29, 1.82) is 0 Å². The number of pyridine rings is 1. The molecule has 4 aromatic rings. The molecule has 1 aliphatic heterocycles. The minimum atomic E-state index is 0.783. The highest BCUT2D eigenvalue weighted by Crippen LogP contribution is 2.43. The number of nitrogens with zero attached hydrogens (tertiary/aromatic N) is 3. The van der Waals surface area contributed by atoms with Gasteiger partial charge >= 0.3 is 0 Å². The van der Waals surface area contributed by atoms with Crippen molar-refractivity contribution < 1.29 is 4.42 Å². The highest BCUT2D eigenvalue weighted by Gasteiger charge is 2.27. The van der Waals surface area contributed by atoms with Crippen molar-refractivity contribution >= 4 is 39.1 Å². The van der Waals surface area contributed by atoms with E-state index in [1.165, 1.54) is 0 Å². The molecule has 0 unspecified atom stereocenters. The first-order valence-electron chi connectivity index (χ1n) is 7.67. The average molecular weight is 301 g/mol. The Morgan fingerprint density at radius 3 is 2.70 bits per heavy atom. The van der Waals surface area contributed by atoms with E-state index in [0.717, 1.165) is 45.8 Å². The Bertz CT molecular complexity index is 1040. The van der Waals surface area contributed by atoms with E-state index in [2.05, 4.69) is 46.1 Å². The molecule has 0 fully saturated rings. The third-order valence-electron chi connectivity index (χ3n) is 4.46. The Morgan fingerprint density at radius 1 is 0.913 bits per heavy atom. The van der Waals surface area contributed by atoms with E-state index in [-0.39, 0.29) is 0 Å². The number of benzene rings is 2. The van der Waals surface area contributed by atoms with E-state index in [1.54, 1.807) is 0 Å². The van der Waals surface area contributed by atoms with Crippen LogP contribution in [0, 0.1) is 0 Å². The molecule has 3 heterocycles. The summed E-state index contributed by atoms with van der Waals surface area (Å²) in [5.74, 6) is 0.993. The van der Waals surface area contributed by atoms with E-state index < -0.39 is 0 Å². The van der Waals surface area contributed by atoms with Gasteiger partial charge in [-0.25, -0.2) is 4.98 Å². The summed E-state index contributed by atoms with van der Waals surface area (Å²) in [4.78, 5) is 9.05.